The number of rotatable bonds is 6. The molecule has 1 aliphatic heterocycles. The van der Waals surface area contributed by atoms with Crippen LogP contribution in [0.1, 0.15) is 28.1 Å². The van der Waals surface area contributed by atoms with E-state index in [0.29, 0.717) is 11.5 Å². The second-order valence-corrected chi connectivity index (χ2v) is 7.00. The van der Waals surface area contributed by atoms with Crippen LogP contribution in [0.5, 0.6) is 0 Å². The molecule has 3 heterocycles. The van der Waals surface area contributed by atoms with Crippen molar-refractivity contribution < 1.29 is 4.79 Å². The lowest BCUT2D eigenvalue weighted by Gasteiger charge is -2.32. The summed E-state index contributed by atoms with van der Waals surface area (Å²) in [6.07, 6.45) is 5.55. The maximum absolute atomic E-state index is 11.4. The Morgan fingerprint density at radius 1 is 1.39 bits per heavy atom. The van der Waals surface area contributed by atoms with Crippen molar-refractivity contribution in [2.24, 2.45) is 11.7 Å². The van der Waals surface area contributed by atoms with Gasteiger partial charge >= 0.3 is 0 Å². The highest BCUT2D eigenvalue weighted by atomic mass is 32.1. The lowest BCUT2D eigenvalue weighted by atomic mass is 9.96. The van der Waals surface area contributed by atoms with Gasteiger partial charge in [0.25, 0.3) is 5.91 Å². The van der Waals surface area contributed by atoms with Crippen LogP contribution in [0.2, 0.25) is 0 Å². The molecule has 0 saturated carbocycles. The number of hydrogen-bond donors (Lipinski definition) is 2. The number of piperidine rings is 1. The second kappa shape index (κ2) is 7.57. The molecule has 1 amide bonds. The highest BCUT2D eigenvalue weighted by Crippen LogP contribution is 2.22. The SMILES string of the molecule is NC(=O)c1cnccc1NCC1CCN(Cc2cccs2)CC1. The summed E-state index contributed by atoms with van der Waals surface area (Å²) in [6, 6.07) is 6.13. The van der Waals surface area contributed by atoms with Crippen molar-refractivity contribution in [2.45, 2.75) is 19.4 Å². The highest BCUT2D eigenvalue weighted by molar-refractivity contribution is 7.09. The highest BCUT2D eigenvalue weighted by Gasteiger charge is 2.20. The molecule has 5 nitrogen and oxygen atoms in total. The lowest BCUT2D eigenvalue weighted by molar-refractivity contribution is 0.100. The molecular formula is C17H22N4OS. The van der Waals surface area contributed by atoms with Crippen molar-refractivity contribution in [1.29, 1.82) is 0 Å². The summed E-state index contributed by atoms with van der Waals surface area (Å²) in [5, 5.41) is 5.50. The third-order valence-corrected chi connectivity index (χ3v) is 5.20. The van der Waals surface area contributed by atoms with Gasteiger partial charge in [-0.25, -0.2) is 0 Å². The first-order chi connectivity index (χ1) is 11.2. The Hall–Kier alpha value is -1.92. The van der Waals surface area contributed by atoms with Gasteiger partial charge in [0, 0.05) is 30.4 Å². The van der Waals surface area contributed by atoms with E-state index < -0.39 is 5.91 Å². The van der Waals surface area contributed by atoms with Crippen LogP contribution in [0.15, 0.2) is 36.0 Å². The molecule has 0 atom stereocenters. The number of likely N-dealkylation sites (tertiary alicyclic amines) is 1. The summed E-state index contributed by atoms with van der Waals surface area (Å²) < 4.78 is 0. The number of primary amides is 1. The van der Waals surface area contributed by atoms with Crippen molar-refractivity contribution >= 4 is 22.9 Å². The molecule has 0 spiro atoms. The van der Waals surface area contributed by atoms with Crippen LogP contribution >= 0.6 is 11.3 Å². The molecular weight excluding hydrogens is 308 g/mol. The summed E-state index contributed by atoms with van der Waals surface area (Å²) in [7, 11) is 0. The fraction of sp³-hybridized carbons (Fsp3) is 0.412. The van der Waals surface area contributed by atoms with Gasteiger partial charge in [0.2, 0.25) is 0 Å². The van der Waals surface area contributed by atoms with Crippen LogP contribution in [0, 0.1) is 5.92 Å². The molecule has 6 heteroatoms. The molecule has 2 aromatic heterocycles. The normalized spacial score (nSPS) is 16.3. The maximum Gasteiger partial charge on any atom is 0.252 e. The van der Waals surface area contributed by atoms with Crippen LogP contribution in [0.3, 0.4) is 0 Å². The molecule has 122 valence electrons. The predicted molar refractivity (Wildman–Crippen MR) is 93.6 cm³/mol. The van der Waals surface area contributed by atoms with Crippen LogP contribution in [-0.2, 0) is 6.54 Å². The van der Waals surface area contributed by atoms with E-state index in [9.17, 15) is 4.79 Å². The van der Waals surface area contributed by atoms with Gasteiger partial charge in [0.1, 0.15) is 0 Å². The Bertz CT molecular complexity index is 636. The number of aromatic nitrogens is 1. The van der Waals surface area contributed by atoms with Gasteiger partial charge in [-0.15, -0.1) is 11.3 Å². The van der Waals surface area contributed by atoms with E-state index in [1.807, 2.05) is 17.4 Å². The fourth-order valence-electron chi connectivity index (χ4n) is 2.97. The number of carbonyl (C=O) groups excluding carboxylic acids is 1. The Morgan fingerprint density at radius 3 is 2.91 bits per heavy atom. The molecule has 2 aromatic rings. The number of nitrogens with zero attached hydrogens (tertiary/aromatic N) is 2. The van der Waals surface area contributed by atoms with Crippen molar-refractivity contribution in [2.75, 3.05) is 25.0 Å². The summed E-state index contributed by atoms with van der Waals surface area (Å²) >= 11 is 1.83. The van der Waals surface area contributed by atoms with Crippen molar-refractivity contribution in [3.63, 3.8) is 0 Å². The first-order valence-corrected chi connectivity index (χ1v) is 8.83. The third kappa shape index (κ3) is 4.30. The predicted octanol–water partition coefficient (Wildman–Crippen LogP) is 2.57. The van der Waals surface area contributed by atoms with Crippen LogP contribution in [0.4, 0.5) is 5.69 Å². The molecule has 1 saturated heterocycles. The van der Waals surface area contributed by atoms with E-state index in [4.69, 9.17) is 5.73 Å². The summed E-state index contributed by atoms with van der Waals surface area (Å²) in [5.74, 6) is 0.190. The van der Waals surface area contributed by atoms with Crippen LogP contribution in [0.25, 0.3) is 0 Å². The number of anilines is 1. The zero-order valence-corrected chi connectivity index (χ0v) is 13.9. The van der Waals surface area contributed by atoms with Gasteiger partial charge in [0.15, 0.2) is 0 Å². The van der Waals surface area contributed by atoms with E-state index in [-0.39, 0.29) is 0 Å². The molecule has 3 N–H and O–H groups in total. The zero-order chi connectivity index (χ0) is 16.1. The minimum absolute atomic E-state index is 0.439. The van der Waals surface area contributed by atoms with E-state index >= 15 is 0 Å². The van der Waals surface area contributed by atoms with Gasteiger partial charge < -0.3 is 11.1 Å². The largest absolute Gasteiger partial charge is 0.384 e. The first-order valence-electron chi connectivity index (χ1n) is 7.95. The molecule has 3 rings (SSSR count). The lowest BCUT2D eigenvalue weighted by Crippen LogP contribution is -2.35. The quantitative estimate of drug-likeness (QED) is 0.854. The third-order valence-electron chi connectivity index (χ3n) is 4.33. The van der Waals surface area contributed by atoms with E-state index in [1.54, 1.807) is 6.20 Å². The van der Waals surface area contributed by atoms with Gasteiger partial charge in [-0.1, -0.05) is 6.07 Å². The van der Waals surface area contributed by atoms with Crippen molar-refractivity contribution in [3.8, 4) is 0 Å². The average Bonchev–Trinajstić information content (AvgIpc) is 3.07. The number of nitrogens with one attached hydrogen (secondary N) is 1. The van der Waals surface area contributed by atoms with Gasteiger partial charge in [-0.05, 0) is 49.4 Å². The Morgan fingerprint density at radius 2 is 2.22 bits per heavy atom. The molecule has 23 heavy (non-hydrogen) atoms. The summed E-state index contributed by atoms with van der Waals surface area (Å²) in [5.41, 5.74) is 6.63. The van der Waals surface area contributed by atoms with E-state index in [2.05, 4.69) is 32.7 Å². The van der Waals surface area contributed by atoms with Gasteiger partial charge in [-0.3, -0.25) is 14.7 Å². The number of carbonyl (C=O) groups is 1. The number of amides is 1. The Kier molecular flexibility index (Phi) is 5.25. The van der Waals surface area contributed by atoms with Gasteiger partial charge in [-0.2, -0.15) is 0 Å². The number of pyridine rings is 1. The minimum atomic E-state index is -0.439. The zero-order valence-electron chi connectivity index (χ0n) is 13.1. The van der Waals surface area contributed by atoms with Crippen molar-refractivity contribution in [3.05, 3.63) is 46.4 Å². The van der Waals surface area contributed by atoms with Gasteiger partial charge in [0.05, 0.1) is 11.3 Å². The molecule has 0 unspecified atom stereocenters. The standard InChI is InChI=1S/C17H22N4OS/c18-17(22)15-11-19-6-3-16(15)20-10-13-4-7-21(8-5-13)12-14-2-1-9-23-14/h1-3,6,9,11,13H,4-5,7-8,10,12H2,(H2,18,22)(H,19,20). The molecule has 0 bridgehead atoms. The van der Waals surface area contributed by atoms with E-state index in [0.717, 1.165) is 31.9 Å². The summed E-state index contributed by atoms with van der Waals surface area (Å²) in [6.45, 7) is 4.19. The average molecular weight is 330 g/mol. The molecule has 1 fully saturated rings. The molecule has 0 aliphatic carbocycles. The van der Waals surface area contributed by atoms with Crippen LogP contribution in [-0.4, -0.2) is 35.4 Å². The van der Waals surface area contributed by atoms with E-state index in [1.165, 1.54) is 23.9 Å². The number of nitrogens with two attached hydrogens (primary N) is 1. The summed E-state index contributed by atoms with van der Waals surface area (Å²) in [4.78, 5) is 19.3. The number of hydrogen-bond acceptors (Lipinski definition) is 5. The topological polar surface area (TPSA) is 71.2 Å². The Balaban J connectivity index is 1.47. The first kappa shape index (κ1) is 16.0. The number of thiophene rings is 1. The molecule has 0 aromatic carbocycles. The van der Waals surface area contributed by atoms with Crippen LogP contribution < -0.4 is 11.1 Å². The maximum atomic E-state index is 11.4. The molecule has 0 radical (unpaired) electrons. The molecule has 1 aliphatic rings. The van der Waals surface area contributed by atoms with Crippen molar-refractivity contribution in [1.82, 2.24) is 9.88 Å². The minimum Gasteiger partial charge on any atom is -0.384 e. The smallest absolute Gasteiger partial charge is 0.252 e. The second-order valence-electron chi connectivity index (χ2n) is 5.97. The Labute approximate surface area is 140 Å². The monoisotopic (exact) mass is 330 g/mol. The fourth-order valence-corrected chi connectivity index (χ4v) is 3.72.